The van der Waals surface area contributed by atoms with Gasteiger partial charge in [0.2, 0.25) is 0 Å². The Balaban J connectivity index is 2.22. The third kappa shape index (κ3) is 3.25. The molecule has 2 rings (SSSR count). The number of carbonyl (C=O) groups is 1. The first-order chi connectivity index (χ1) is 9.13. The Kier molecular flexibility index (Phi) is 4.77. The highest BCUT2D eigenvalue weighted by atomic mass is 35.5. The number of amides is 1. The van der Waals surface area contributed by atoms with Gasteiger partial charge in [-0.15, -0.1) is 0 Å². The lowest BCUT2D eigenvalue weighted by molar-refractivity contribution is 0.0633. The number of rotatable bonds is 4. The molecule has 0 radical (unpaired) electrons. The second kappa shape index (κ2) is 6.35. The standard InChI is InChI=1S/C14H17ClFNO2/c15-10-5-6-12(13(16)9-10)14(19)17(7-8-18)11-3-1-2-4-11/h5-6,9,11,18H,1-4,7-8H2. The van der Waals surface area contributed by atoms with Crippen LogP contribution in [-0.4, -0.2) is 35.1 Å². The van der Waals surface area contributed by atoms with Crippen LogP contribution in [0.4, 0.5) is 4.39 Å². The van der Waals surface area contributed by atoms with Crippen molar-refractivity contribution in [2.75, 3.05) is 13.2 Å². The molecule has 1 aliphatic carbocycles. The molecule has 0 saturated heterocycles. The van der Waals surface area contributed by atoms with Gasteiger partial charge in [-0.3, -0.25) is 4.79 Å². The van der Waals surface area contributed by atoms with Crippen molar-refractivity contribution in [2.24, 2.45) is 0 Å². The Morgan fingerprint density at radius 2 is 2.11 bits per heavy atom. The topological polar surface area (TPSA) is 40.5 Å². The predicted octanol–water partition coefficient (Wildman–Crippen LogP) is 2.86. The molecule has 1 aliphatic rings. The van der Waals surface area contributed by atoms with E-state index in [0.29, 0.717) is 0 Å². The van der Waals surface area contributed by atoms with Gasteiger partial charge in [0, 0.05) is 17.6 Å². The zero-order valence-electron chi connectivity index (χ0n) is 10.6. The fraction of sp³-hybridized carbons (Fsp3) is 0.500. The maximum atomic E-state index is 13.8. The molecule has 1 amide bonds. The lowest BCUT2D eigenvalue weighted by Crippen LogP contribution is -2.41. The summed E-state index contributed by atoms with van der Waals surface area (Å²) in [6.45, 7) is 0.128. The van der Waals surface area contributed by atoms with E-state index < -0.39 is 5.82 Å². The second-order valence-electron chi connectivity index (χ2n) is 4.78. The van der Waals surface area contributed by atoms with E-state index in [1.165, 1.54) is 12.1 Å². The maximum absolute atomic E-state index is 13.8. The normalized spacial score (nSPS) is 15.7. The van der Waals surface area contributed by atoms with Crippen molar-refractivity contribution in [1.82, 2.24) is 4.90 Å². The van der Waals surface area contributed by atoms with E-state index >= 15 is 0 Å². The number of nitrogens with zero attached hydrogens (tertiary/aromatic N) is 1. The summed E-state index contributed by atoms with van der Waals surface area (Å²) in [6.07, 6.45) is 3.98. The van der Waals surface area contributed by atoms with E-state index in [4.69, 9.17) is 16.7 Å². The van der Waals surface area contributed by atoms with E-state index in [1.807, 2.05) is 0 Å². The molecule has 0 aromatic heterocycles. The summed E-state index contributed by atoms with van der Waals surface area (Å²) in [6, 6.07) is 4.15. The first kappa shape index (κ1) is 14.3. The van der Waals surface area contributed by atoms with E-state index in [0.717, 1.165) is 31.7 Å². The van der Waals surface area contributed by atoms with Gasteiger partial charge >= 0.3 is 0 Å². The molecule has 1 aromatic rings. The van der Waals surface area contributed by atoms with Crippen LogP contribution < -0.4 is 0 Å². The van der Waals surface area contributed by atoms with Crippen LogP contribution in [0.1, 0.15) is 36.0 Å². The number of benzene rings is 1. The minimum Gasteiger partial charge on any atom is -0.395 e. The number of halogens is 2. The van der Waals surface area contributed by atoms with Gasteiger partial charge in [-0.05, 0) is 31.0 Å². The molecular formula is C14H17ClFNO2. The van der Waals surface area contributed by atoms with Gasteiger partial charge < -0.3 is 10.0 Å². The fourth-order valence-electron chi connectivity index (χ4n) is 2.59. The van der Waals surface area contributed by atoms with Crippen LogP contribution in [0.5, 0.6) is 0 Å². The van der Waals surface area contributed by atoms with Crippen LogP contribution in [0.2, 0.25) is 5.02 Å². The highest BCUT2D eigenvalue weighted by Crippen LogP contribution is 2.25. The number of carbonyl (C=O) groups excluding carboxylic acids is 1. The molecule has 1 N–H and O–H groups in total. The van der Waals surface area contributed by atoms with Crippen LogP contribution in [0.25, 0.3) is 0 Å². The van der Waals surface area contributed by atoms with Crippen molar-refractivity contribution >= 4 is 17.5 Å². The van der Waals surface area contributed by atoms with Gasteiger partial charge in [0.15, 0.2) is 0 Å². The lowest BCUT2D eigenvalue weighted by atomic mass is 10.1. The van der Waals surface area contributed by atoms with Crippen LogP contribution >= 0.6 is 11.6 Å². The Labute approximate surface area is 117 Å². The van der Waals surface area contributed by atoms with Gasteiger partial charge in [-0.2, -0.15) is 0 Å². The summed E-state index contributed by atoms with van der Waals surface area (Å²) in [5, 5.41) is 9.36. The van der Waals surface area contributed by atoms with E-state index in [-0.39, 0.29) is 35.7 Å². The third-order valence-electron chi connectivity index (χ3n) is 3.53. The molecule has 1 aromatic carbocycles. The summed E-state index contributed by atoms with van der Waals surface area (Å²) in [7, 11) is 0. The molecule has 0 aliphatic heterocycles. The molecule has 104 valence electrons. The summed E-state index contributed by atoms with van der Waals surface area (Å²) in [5.41, 5.74) is 0.0183. The van der Waals surface area contributed by atoms with Gasteiger partial charge in [-0.1, -0.05) is 24.4 Å². The molecule has 0 spiro atoms. The molecule has 3 nitrogen and oxygen atoms in total. The zero-order chi connectivity index (χ0) is 13.8. The van der Waals surface area contributed by atoms with Crippen molar-refractivity contribution in [3.8, 4) is 0 Å². The van der Waals surface area contributed by atoms with Gasteiger partial charge in [0.05, 0.1) is 12.2 Å². The van der Waals surface area contributed by atoms with Crippen molar-refractivity contribution in [1.29, 1.82) is 0 Å². The van der Waals surface area contributed by atoms with Crippen molar-refractivity contribution in [3.05, 3.63) is 34.6 Å². The van der Waals surface area contributed by atoms with Gasteiger partial charge in [-0.25, -0.2) is 4.39 Å². The average Bonchev–Trinajstić information content (AvgIpc) is 2.89. The van der Waals surface area contributed by atoms with Crippen molar-refractivity contribution in [2.45, 2.75) is 31.7 Å². The summed E-state index contributed by atoms with van der Waals surface area (Å²) in [4.78, 5) is 14.0. The van der Waals surface area contributed by atoms with Crippen LogP contribution in [-0.2, 0) is 0 Å². The summed E-state index contributed by atoms with van der Waals surface area (Å²) < 4.78 is 13.8. The zero-order valence-corrected chi connectivity index (χ0v) is 11.4. The Hall–Kier alpha value is -1.13. The Bertz CT molecular complexity index is 461. The molecule has 0 unspecified atom stereocenters. The van der Waals surface area contributed by atoms with Crippen LogP contribution in [0.3, 0.4) is 0 Å². The molecule has 0 atom stereocenters. The van der Waals surface area contributed by atoms with Crippen LogP contribution in [0.15, 0.2) is 18.2 Å². The fourth-order valence-corrected chi connectivity index (χ4v) is 2.75. The predicted molar refractivity (Wildman–Crippen MR) is 71.8 cm³/mol. The number of aliphatic hydroxyl groups excluding tert-OH is 1. The minimum absolute atomic E-state index is 0.0183. The summed E-state index contributed by atoms with van der Waals surface area (Å²) in [5.74, 6) is -0.978. The molecule has 5 heteroatoms. The molecule has 1 saturated carbocycles. The largest absolute Gasteiger partial charge is 0.395 e. The molecule has 0 heterocycles. The monoisotopic (exact) mass is 285 g/mol. The Morgan fingerprint density at radius 3 is 2.68 bits per heavy atom. The minimum atomic E-state index is -0.613. The number of hydrogen-bond donors (Lipinski definition) is 1. The molecule has 0 bridgehead atoms. The van der Waals surface area contributed by atoms with E-state index in [2.05, 4.69) is 0 Å². The number of hydrogen-bond acceptors (Lipinski definition) is 2. The summed E-state index contributed by atoms with van der Waals surface area (Å²) >= 11 is 5.68. The molecule has 1 fully saturated rings. The van der Waals surface area contributed by atoms with Gasteiger partial charge in [0.1, 0.15) is 5.82 Å². The highest BCUT2D eigenvalue weighted by Gasteiger charge is 2.28. The Morgan fingerprint density at radius 1 is 1.42 bits per heavy atom. The second-order valence-corrected chi connectivity index (χ2v) is 5.22. The van der Waals surface area contributed by atoms with E-state index in [1.54, 1.807) is 4.90 Å². The first-order valence-electron chi connectivity index (χ1n) is 6.50. The lowest BCUT2D eigenvalue weighted by Gasteiger charge is -2.28. The maximum Gasteiger partial charge on any atom is 0.257 e. The number of aliphatic hydroxyl groups is 1. The third-order valence-corrected chi connectivity index (χ3v) is 3.76. The molecule has 19 heavy (non-hydrogen) atoms. The average molecular weight is 286 g/mol. The smallest absolute Gasteiger partial charge is 0.257 e. The van der Waals surface area contributed by atoms with Crippen molar-refractivity contribution < 1.29 is 14.3 Å². The van der Waals surface area contributed by atoms with Gasteiger partial charge in [0.25, 0.3) is 5.91 Å². The molecular weight excluding hydrogens is 269 g/mol. The van der Waals surface area contributed by atoms with E-state index in [9.17, 15) is 9.18 Å². The SMILES string of the molecule is O=C(c1ccc(Cl)cc1F)N(CCO)C1CCCC1. The van der Waals surface area contributed by atoms with Crippen LogP contribution in [0, 0.1) is 5.82 Å². The highest BCUT2D eigenvalue weighted by molar-refractivity contribution is 6.30. The quantitative estimate of drug-likeness (QED) is 0.924. The van der Waals surface area contributed by atoms with Crippen molar-refractivity contribution in [3.63, 3.8) is 0 Å². The first-order valence-corrected chi connectivity index (χ1v) is 6.88.